The monoisotopic (exact) mass is 457 g/mol. The number of benzene rings is 1. The van der Waals surface area contributed by atoms with Crippen molar-refractivity contribution < 1.29 is 8.42 Å². The van der Waals surface area contributed by atoms with Crippen molar-refractivity contribution in [2.75, 3.05) is 4.72 Å². The molecular formula is C9H6Br3N3O2S. The molecule has 1 heterocycles. The van der Waals surface area contributed by atoms with Crippen molar-refractivity contribution in [3.8, 4) is 0 Å². The maximum absolute atomic E-state index is 12.0. The fourth-order valence-corrected chi connectivity index (χ4v) is 4.94. The van der Waals surface area contributed by atoms with E-state index >= 15 is 0 Å². The lowest BCUT2D eigenvalue weighted by Crippen LogP contribution is -2.13. The molecule has 2 rings (SSSR count). The van der Waals surface area contributed by atoms with Gasteiger partial charge in [0.05, 0.1) is 11.9 Å². The molecule has 0 atom stereocenters. The van der Waals surface area contributed by atoms with Crippen LogP contribution >= 0.6 is 47.8 Å². The van der Waals surface area contributed by atoms with Crippen LogP contribution in [0.25, 0.3) is 0 Å². The molecule has 0 amide bonds. The largest absolute Gasteiger partial charge is 0.284 e. The molecule has 0 aliphatic heterocycles. The number of H-pyrrole nitrogens is 1. The van der Waals surface area contributed by atoms with E-state index < -0.39 is 10.0 Å². The second-order valence-electron chi connectivity index (χ2n) is 3.28. The quantitative estimate of drug-likeness (QED) is 0.737. The SMILES string of the molecule is O=S(=O)(Nc1c(Br)cc(Br)cc1Br)c1cn[nH]c1. The summed E-state index contributed by atoms with van der Waals surface area (Å²) in [6, 6.07) is 3.50. The number of anilines is 1. The smallest absolute Gasteiger partial charge is 0.265 e. The van der Waals surface area contributed by atoms with E-state index in [4.69, 9.17) is 0 Å². The minimum absolute atomic E-state index is 0.0734. The number of halogens is 3. The number of rotatable bonds is 3. The van der Waals surface area contributed by atoms with Crippen LogP contribution in [-0.4, -0.2) is 18.6 Å². The molecule has 96 valence electrons. The molecule has 0 saturated heterocycles. The molecule has 0 aliphatic rings. The summed E-state index contributed by atoms with van der Waals surface area (Å²) >= 11 is 9.92. The maximum atomic E-state index is 12.0. The van der Waals surface area contributed by atoms with E-state index in [1.807, 2.05) is 0 Å². The predicted molar refractivity (Wildman–Crippen MR) is 78.9 cm³/mol. The third kappa shape index (κ3) is 2.95. The normalized spacial score (nSPS) is 11.5. The molecule has 1 aromatic carbocycles. The molecule has 18 heavy (non-hydrogen) atoms. The molecule has 0 unspecified atom stereocenters. The Morgan fingerprint density at radius 1 is 1.17 bits per heavy atom. The first-order chi connectivity index (χ1) is 8.40. The van der Waals surface area contributed by atoms with Gasteiger partial charge >= 0.3 is 0 Å². The summed E-state index contributed by atoms with van der Waals surface area (Å²) in [7, 11) is -3.65. The van der Waals surface area contributed by atoms with Gasteiger partial charge in [-0.2, -0.15) is 5.10 Å². The van der Waals surface area contributed by atoms with E-state index in [9.17, 15) is 8.42 Å². The number of nitrogens with one attached hydrogen (secondary N) is 2. The average molecular weight is 460 g/mol. The second-order valence-corrected chi connectivity index (χ2v) is 7.59. The first-order valence-corrected chi connectivity index (χ1v) is 8.42. The van der Waals surface area contributed by atoms with E-state index in [1.165, 1.54) is 12.4 Å². The van der Waals surface area contributed by atoms with E-state index in [0.29, 0.717) is 14.6 Å². The Kier molecular flexibility index (Phi) is 4.15. The average Bonchev–Trinajstić information content (AvgIpc) is 2.77. The van der Waals surface area contributed by atoms with Crippen LogP contribution in [0.15, 0.2) is 42.8 Å². The fraction of sp³-hybridized carbons (Fsp3) is 0. The Bertz CT molecular complexity index is 647. The van der Waals surface area contributed by atoms with Crippen LogP contribution in [0, 0.1) is 0 Å². The highest BCUT2D eigenvalue weighted by atomic mass is 79.9. The van der Waals surface area contributed by atoms with E-state index in [0.717, 1.165) is 4.47 Å². The van der Waals surface area contributed by atoms with Gasteiger partial charge in [-0.25, -0.2) is 8.42 Å². The molecule has 0 spiro atoms. The first-order valence-electron chi connectivity index (χ1n) is 4.56. The number of aromatic nitrogens is 2. The lowest BCUT2D eigenvalue weighted by atomic mass is 10.3. The fourth-order valence-electron chi connectivity index (χ4n) is 1.22. The van der Waals surface area contributed by atoms with Crippen molar-refractivity contribution in [1.82, 2.24) is 10.2 Å². The maximum Gasteiger partial charge on any atom is 0.265 e. The Hall–Kier alpha value is -0.380. The summed E-state index contributed by atoms with van der Waals surface area (Å²) in [5.41, 5.74) is 0.430. The van der Waals surface area contributed by atoms with Crippen molar-refractivity contribution in [2.45, 2.75) is 4.90 Å². The van der Waals surface area contributed by atoms with Crippen molar-refractivity contribution in [1.29, 1.82) is 0 Å². The molecule has 5 nitrogen and oxygen atoms in total. The van der Waals surface area contributed by atoms with Crippen molar-refractivity contribution in [3.63, 3.8) is 0 Å². The molecule has 0 fully saturated rings. The Morgan fingerprint density at radius 2 is 1.78 bits per heavy atom. The second kappa shape index (κ2) is 5.32. The van der Waals surface area contributed by atoms with Crippen LogP contribution in [0.1, 0.15) is 0 Å². The Balaban J connectivity index is 2.42. The van der Waals surface area contributed by atoms with Crippen LogP contribution < -0.4 is 4.72 Å². The first kappa shape index (κ1) is 14.0. The number of aromatic amines is 1. The molecule has 0 saturated carbocycles. The van der Waals surface area contributed by atoms with Gasteiger partial charge in [-0.05, 0) is 44.0 Å². The van der Waals surface area contributed by atoms with Crippen LogP contribution in [0.3, 0.4) is 0 Å². The van der Waals surface area contributed by atoms with Gasteiger partial charge in [-0.15, -0.1) is 0 Å². The minimum atomic E-state index is -3.65. The van der Waals surface area contributed by atoms with Gasteiger partial charge in [0.15, 0.2) is 0 Å². The van der Waals surface area contributed by atoms with E-state index in [2.05, 4.69) is 62.7 Å². The summed E-state index contributed by atoms with van der Waals surface area (Å²) in [4.78, 5) is 0.0734. The standard InChI is InChI=1S/C9H6Br3N3O2S/c10-5-1-7(11)9(8(12)2-5)15-18(16,17)6-3-13-14-4-6/h1-4,15H,(H,13,14). The van der Waals surface area contributed by atoms with Crippen molar-refractivity contribution >= 4 is 63.5 Å². The summed E-state index contributed by atoms with van der Waals surface area (Å²) < 4.78 is 28.6. The lowest BCUT2D eigenvalue weighted by Gasteiger charge is -2.10. The molecule has 9 heteroatoms. The van der Waals surface area contributed by atoms with Crippen molar-refractivity contribution in [2.24, 2.45) is 0 Å². The topological polar surface area (TPSA) is 74.8 Å². The summed E-state index contributed by atoms with van der Waals surface area (Å²) in [6.07, 6.45) is 2.55. The van der Waals surface area contributed by atoms with Gasteiger partial charge in [0.25, 0.3) is 10.0 Å². The molecule has 0 bridgehead atoms. The van der Waals surface area contributed by atoms with Crippen LogP contribution in [-0.2, 0) is 10.0 Å². The highest BCUT2D eigenvalue weighted by molar-refractivity contribution is 9.11. The molecule has 0 radical (unpaired) electrons. The van der Waals surface area contributed by atoms with Gasteiger partial charge in [0, 0.05) is 19.6 Å². The van der Waals surface area contributed by atoms with Gasteiger partial charge < -0.3 is 0 Å². The zero-order valence-electron chi connectivity index (χ0n) is 8.62. The molecule has 0 aliphatic carbocycles. The van der Waals surface area contributed by atoms with E-state index in [1.54, 1.807) is 12.1 Å². The molecule has 2 N–H and O–H groups in total. The molecular weight excluding hydrogens is 454 g/mol. The number of sulfonamides is 1. The zero-order valence-corrected chi connectivity index (χ0v) is 14.2. The van der Waals surface area contributed by atoms with Gasteiger partial charge in [-0.1, -0.05) is 15.9 Å². The molecule has 1 aromatic heterocycles. The highest BCUT2D eigenvalue weighted by Gasteiger charge is 2.18. The van der Waals surface area contributed by atoms with Crippen LogP contribution in [0.2, 0.25) is 0 Å². The van der Waals surface area contributed by atoms with Gasteiger partial charge in [0.2, 0.25) is 0 Å². The highest BCUT2D eigenvalue weighted by Crippen LogP contribution is 2.35. The zero-order chi connectivity index (χ0) is 13.3. The lowest BCUT2D eigenvalue weighted by molar-refractivity contribution is 0.601. The van der Waals surface area contributed by atoms with Crippen LogP contribution in [0.5, 0.6) is 0 Å². The third-order valence-electron chi connectivity index (χ3n) is 2.03. The van der Waals surface area contributed by atoms with Gasteiger partial charge in [0.1, 0.15) is 4.90 Å². The van der Waals surface area contributed by atoms with Gasteiger partial charge in [-0.3, -0.25) is 9.82 Å². The minimum Gasteiger partial charge on any atom is -0.284 e. The number of hydrogen-bond acceptors (Lipinski definition) is 3. The summed E-state index contributed by atoms with van der Waals surface area (Å²) in [5, 5.41) is 6.07. The molecule has 2 aromatic rings. The Labute approximate surface area is 129 Å². The summed E-state index contributed by atoms with van der Waals surface area (Å²) in [5.74, 6) is 0. The number of hydrogen-bond donors (Lipinski definition) is 2. The van der Waals surface area contributed by atoms with Crippen LogP contribution in [0.4, 0.5) is 5.69 Å². The van der Waals surface area contributed by atoms with E-state index in [-0.39, 0.29) is 4.90 Å². The third-order valence-corrected chi connectivity index (χ3v) is 5.05. The summed E-state index contributed by atoms with van der Waals surface area (Å²) in [6.45, 7) is 0. The Morgan fingerprint density at radius 3 is 2.28 bits per heavy atom. The predicted octanol–water partition coefficient (Wildman–Crippen LogP) is 3.50. The van der Waals surface area contributed by atoms with Crippen molar-refractivity contribution in [3.05, 3.63) is 37.9 Å². The number of nitrogens with zero attached hydrogens (tertiary/aromatic N) is 1.